The Morgan fingerprint density at radius 3 is 2.23 bits per heavy atom. The van der Waals surface area contributed by atoms with Crippen LogP contribution in [-0.4, -0.2) is 18.2 Å². The van der Waals surface area contributed by atoms with E-state index in [0.29, 0.717) is 0 Å². The highest BCUT2D eigenvalue weighted by Crippen LogP contribution is 2.16. The highest BCUT2D eigenvalue weighted by atomic mass is 16.3. The predicted molar refractivity (Wildman–Crippen MR) is 54.7 cm³/mol. The second-order valence-corrected chi connectivity index (χ2v) is 3.43. The van der Waals surface area contributed by atoms with E-state index in [1.165, 1.54) is 5.56 Å². The molecule has 0 saturated carbocycles. The van der Waals surface area contributed by atoms with Crippen molar-refractivity contribution < 1.29 is 5.11 Å². The Bertz CT molecular complexity index is 255. The molecule has 0 saturated heterocycles. The van der Waals surface area contributed by atoms with Crippen LogP contribution in [0.1, 0.15) is 24.2 Å². The third-order valence-electron chi connectivity index (χ3n) is 2.35. The number of hydrogen-bond donors (Lipinski definition) is 2. The molecular formula is C11H17NO. The van der Waals surface area contributed by atoms with Crippen LogP contribution in [0.2, 0.25) is 0 Å². The molecule has 0 unspecified atom stereocenters. The van der Waals surface area contributed by atoms with E-state index in [-0.39, 0.29) is 6.04 Å². The Hall–Kier alpha value is -0.860. The van der Waals surface area contributed by atoms with Gasteiger partial charge in [0.15, 0.2) is 0 Å². The first-order valence-corrected chi connectivity index (χ1v) is 4.57. The molecule has 0 amide bonds. The smallest absolute Gasteiger partial charge is 0.0940 e. The van der Waals surface area contributed by atoms with Crippen molar-refractivity contribution in [1.82, 2.24) is 5.32 Å². The Morgan fingerprint density at radius 2 is 1.77 bits per heavy atom. The summed E-state index contributed by atoms with van der Waals surface area (Å²) in [5, 5.41) is 12.8. The maximum atomic E-state index is 9.82. The Labute approximate surface area is 79.6 Å². The summed E-state index contributed by atoms with van der Waals surface area (Å²) in [6.07, 6.45) is -0.425. The molecule has 1 aromatic rings. The van der Waals surface area contributed by atoms with Crippen LogP contribution in [0.3, 0.4) is 0 Å². The van der Waals surface area contributed by atoms with Crippen molar-refractivity contribution in [2.45, 2.75) is 26.0 Å². The first kappa shape index (κ1) is 10.2. The van der Waals surface area contributed by atoms with E-state index in [2.05, 4.69) is 5.32 Å². The first-order chi connectivity index (χ1) is 6.15. The molecule has 0 aliphatic heterocycles. The Morgan fingerprint density at radius 1 is 1.23 bits per heavy atom. The molecule has 0 aliphatic carbocycles. The van der Waals surface area contributed by atoms with Gasteiger partial charge in [0, 0.05) is 6.04 Å². The maximum absolute atomic E-state index is 9.82. The summed E-state index contributed by atoms with van der Waals surface area (Å²) in [5.41, 5.74) is 2.18. The molecule has 0 fully saturated rings. The van der Waals surface area contributed by atoms with Gasteiger partial charge in [-0.05, 0) is 26.5 Å². The van der Waals surface area contributed by atoms with Crippen molar-refractivity contribution in [3.8, 4) is 0 Å². The van der Waals surface area contributed by atoms with Crippen molar-refractivity contribution >= 4 is 0 Å². The summed E-state index contributed by atoms with van der Waals surface area (Å²) in [5.74, 6) is 0. The minimum atomic E-state index is -0.425. The lowest BCUT2D eigenvalue weighted by molar-refractivity contribution is 0.140. The minimum Gasteiger partial charge on any atom is -0.387 e. The summed E-state index contributed by atoms with van der Waals surface area (Å²) < 4.78 is 0. The summed E-state index contributed by atoms with van der Waals surface area (Å²) in [7, 11) is 1.85. The zero-order valence-corrected chi connectivity index (χ0v) is 8.41. The molecular weight excluding hydrogens is 162 g/mol. The van der Waals surface area contributed by atoms with Crippen LogP contribution in [-0.2, 0) is 0 Å². The van der Waals surface area contributed by atoms with Gasteiger partial charge in [-0.2, -0.15) is 0 Å². The van der Waals surface area contributed by atoms with Gasteiger partial charge in [-0.3, -0.25) is 0 Å². The number of nitrogens with one attached hydrogen (secondary N) is 1. The third kappa shape index (κ3) is 2.54. The minimum absolute atomic E-state index is 0.0858. The van der Waals surface area contributed by atoms with Gasteiger partial charge in [0.1, 0.15) is 0 Å². The quantitative estimate of drug-likeness (QED) is 0.739. The van der Waals surface area contributed by atoms with Crippen LogP contribution in [0.25, 0.3) is 0 Å². The zero-order chi connectivity index (χ0) is 9.84. The van der Waals surface area contributed by atoms with Gasteiger partial charge in [-0.1, -0.05) is 29.8 Å². The van der Waals surface area contributed by atoms with E-state index in [9.17, 15) is 5.11 Å². The largest absolute Gasteiger partial charge is 0.387 e. The van der Waals surface area contributed by atoms with Gasteiger partial charge in [0.25, 0.3) is 0 Å². The molecule has 72 valence electrons. The molecule has 1 rings (SSSR count). The van der Waals surface area contributed by atoms with Gasteiger partial charge in [0.2, 0.25) is 0 Å². The van der Waals surface area contributed by atoms with Crippen molar-refractivity contribution in [2.24, 2.45) is 0 Å². The Balaban J connectivity index is 2.77. The van der Waals surface area contributed by atoms with Crippen molar-refractivity contribution in [3.05, 3.63) is 35.4 Å². The fourth-order valence-corrected chi connectivity index (χ4v) is 1.21. The first-order valence-electron chi connectivity index (χ1n) is 4.57. The van der Waals surface area contributed by atoms with Crippen LogP contribution < -0.4 is 5.32 Å². The molecule has 0 spiro atoms. The van der Waals surface area contributed by atoms with E-state index in [0.717, 1.165) is 5.56 Å². The lowest BCUT2D eigenvalue weighted by atomic mass is 10.0. The maximum Gasteiger partial charge on any atom is 0.0940 e. The molecule has 0 aliphatic rings. The molecule has 0 heterocycles. The van der Waals surface area contributed by atoms with E-state index in [1.807, 2.05) is 45.2 Å². The van der Waals surface area contributed by atoms with Crippen molar-refractivity contribution in [1.29, 1.82) is 0 Å². The molecule has 2 heteroatoms. The number of hydrogen-bond acceptors (Lipinski definition) is 2. The van der Waals surface area contributed by atoms with E-state index in [4.69, 9.17) is 0 Å². The monoisotopic (exact) mass is 179 g/mol. The predicted octanol–water partition coefficient (Wildman–Crippen LogP) is 1.64. The molecule has 2 N–H and O–H groups in total. The van der Waals surface area contributed by atoms with Gasteiger partial charge >= 0.3 is 0 Å². The average molecular weight is 179 g/mol. The summed E-state index contributed by atoms with van der Waals surface area (Å²) in [6.45, 7) is 4.00. The van der Waals surface area contributed by atoms with Gasteiger partial charge < -0.3 is 10.4 Å². The topological polar surface area (TPSA) is 32.3 Å². The zero-order valence-electron chi connectivity index (χ0n) is 8.41. The average Bonchev–Trinajstić information content (AvgIpc) is 2.17. The second kappa shape index (κ2) is 4.40. The summed E-state index contributed by atoms with van der Waals surface area (Å²) in [6, 6.07) is 8.05. The number of aliphatic hydroxyl groups is 1. The van der Waals surface area contributed by atoms with E-state index < -0.39 is 6.10 Å². The number of benzene rings is 1. The molecule has 1 aromatic carbocycles. The summed E-state index contributed by atoms with van der Waals surface area (Å²) >= 11 is 0. The fraction of sp³-hybridized carbons (Fsp3) is 0.455. The number of likely N-dealkylation sites (N-methyl/N-ethyl adjacent to an activating group) is 1. The van der Waals surface area contributed by atoms with E-state index >= 15 is 0 Å². The van der Waals surface area contributed by atoms with Crippen LogP contribution >= 0.6 is 0 Å². The molecule has 0 radical (unpaired) electrons. The van der Waals surface area contributed by atoms with Gasteiger partial charge in [-0.15, -0.1) is 0 Å². The van der Waals surface area contributed by atoms with E-state index in [1.54, 1.807) is 0 Å². The lowest BCUT2D eigenvalue weighted by Gasteiger charge is -2.18. The molecule has 13 heavy (non-hydrogen) atoms. The van der Waals surface area contributed by atoms with Crippen LogP contribution in [0, 0.1) is 6.92 Å². The molecule has 2 nitrogen and oxygen atoms in total. The van der Waals surface area contributed by atoms with Crippen LogP contribution in [0.5, 0.6) is 0 Å². The molecule has 0 aromatic heterocycles. The lowest BCUT2D eigenvalue weighted by Crippen LogP contribution is -2.28. The molecule has 2 atom stereocenters. The van der Waals surface area contributed by atoms with Crippen LogP contribution in [0.15, 0.2) is 24.3 Å². The molecule has 0 bridgehead atoms. The SMILES string of the molecule is CN[C@@H](C)[C@@H](O)c1ccc(C)cc1. The standard InChI is InChI=1S/C11H17NO/c1-8-4-6-10(7-5-8)11(13)9(2)12-3/h4-7,9,11-13H,1-3H3/t9-,11+/m0/s1. The highest BCUT2D eigenvalue weighted by Gasteiger charge is 2.13. The number of aryl methyl sites for hydroxylation is 1. The van der Waals surface area contributed by atoms with Gasteiger partial charge in [0.05, 0.1) is 6.10 Å². The second-order valence-electron chi connectivity index (χ2n) is 3.43. The van der Waals surface area contributed by atoms with Crippen LogP contribution in [0.4, 0.5) is 0 Å². The van der Waals surface area contributed by atoms with Gasteiger partial charge in [-0.25, -0.2) is 0 Å². The Kier molecular flexibility index (Phi) is 3.46. The van der Waals surface area contributed by atoms with Crippen molar-refractivity contribution in [3.63, 3.8) is 0 Å². The number of rotatable bonds is 3. The number of aliphatic hydroxyl groups excluding tert-OH is 1. The normalized spacial score (nSPS) is 15.4. The highest BCUT2D eigenvalue weighted by molar-refractivity contribution is 5.23. The fourth-order valence-electron chi connectivity index (χ4n) is 1.21. The van der Waals surface area contributed by atoms with Crippen molar-refractivity contribution in [2.75, 3.05) is 7.05 Å². The summed E-state index contributed by atoms with van der Waals surface area (Å²) in [4.78, 5) is 0. The third-order valence-corrected chi connectivity index (χ3v) is 2.35.